The molecule has 6 nitrogen and oxygen atoms in total. The lowest BCUT2D eigenvalue weighted by Crippen LogP contribution is -2.34. The molecule has 0 N–H and O–H groups in total. The SMILES string of the molecule is [2H]C([2H])([2H])c1cccc(C([2H])([2H])[2H])c1-c1cc2c(c(-n3c4ccccc4c4ccccc43)c1)-[n+]1[c-]n(-c3cccc(Oc4ccc5c6ccccc6n(-c6cc(C(C)(C)C)ccn6)c5c4)c3)c3cc(C(C)(C)C)cc(c31)-c1ccccc1-c1cc3c(cc1-2)C(C)(C)CCC3(C)C. The van der Waals surface area contributed by atoms with E-state index in [2.05, 4.69) is 258 Å². The molecule has 0 atom stereocenters. The lowest BCUT2D eigenvalue weighted by molar-refractivity contribution is -0.571. The van der Waals surface area contributed by atoms with Gasteiger partial charge in [0.15, 0.2) is 0 Å². The zero-order valence-corrected chi connectivity index (χ0v) is 52.8. The highest BCUT2D eigenvalue weighted by Crippen LogP contribution is 2.54. The molecule has 0 amide bonds. The van der Waals surface area contributed by atoms with Crippen molar-refractivity contribution < 1.29 is 17.5 Å². The van der Waals surface area contributed by atoms with Crippen LogP contribution in [0, 0.1) is 20.0 Å². The van der Waals surface area contributed by atoms with Crippen LogP contribution in [-0.4, -0.2) is 18.7 Å². The monoisotopic (exact) mass is 1180 g/mol. The average Bonchev–Trinajstić information content (AvgIpc) is 1.45. The fourth-order valence-corrected chi connectivity index (χ4v) is 14.7. The normalized spacial score (nSPS) is 15.6. The maximum absolute atomic E-state index is 9.16. The van der Waals surface area contributed by atoms with E-state index < -0.39 is 13.7 Å². The number of fused-ring (bicyclic) bond motifs is 14. The van der Waals surface area contributed by atoms with Crippen molar-refractivity contribution >= 4 is 54.6 Å². The molecule has 0 bridgehead atoms. The Morgan fingerprint density at radius 3 is 1.68 bits per heavy atom. The second-order valence-corrected chi connectivity index (χ2v) is 28.4. The Hall–Kier alpha value is -9.78. The second-order valence-electron chi connectivity index (χ2n) is 28.4. The molecule has 4 aromatic heterocycles. The average molecular weight is 1180 g/mol. The van der Waals surface area contributed by atoms with Crippen LogP contribution >= 0.6 is 0 Å². The number of aromatic nitrogens is 5. The van der Waals surface area contributed by atoms with Crippen LogP contribution in [-0.2, 0) is 21.7 Å². The Labute approximate surface area is 536 Å². The number of ether oxygens (including phenoxy) is 1. The van der Waals surface area contributed by atoms with Gasteiger partial charge >= 0.3 is 0 Å². The Bertz CT molecular complexity index is 5500. The van der Waals surface area contributed by atoms with Crippen LogP contribution in [0.4, 0.5) is 0 Å². The van der Waals surface area contributed by atoms with Gasteiger partial charge in [0.05, 0.1) is 50.2 Å². The first-order valence-corrected chi connectivity index (χ1v) is 31.6. The Kier molecular flexibility index (Phi) is 10.8. The van der Waals surface area contributed by atoms with Gasteiger partial charge in [-0.2, -0.15) is 0 Å². The molecule has 6 heteroatoms. The lowest BCUT2D eigenvalue weighted by Gasteiger charge is -2.42. The molecular weight excluding hydrogens is 1090 g/mol. The number of hydrogen-bond donors (Lipinski definition) is 0. The van der Waals surface area contributed by atoms with Crippen molar-refractivity contribution in [3.63, 3.8) is 0 Å². The molecule has 14 aromatic rings. The van der Waals surface area contributed by atoms with Crippen LogP contribution in [0.2, 0.25) is 0 Å². The molecule has 0 unspecified atom stereocenters. The zero-order chi connectivity index (χ0) is 66.9. The van der Waals surface area contributed by atoms with Gasteiger partial charge in [-0.25, -0.2) is 4.98 Å². The van der Waals surface area contributed by atoms with Crippen LogP contribution in [0.1, 0.15) is 124 Å². The third-order valence-electron chi connectivity index (χ3n) is 19.7. The quantitative estimate of drug-likeness (QED) is 0.123. The highest BCUT2D eigenvalue weighted by atomic mass is 16.5. The number of benzene rings is 10. The molecule has 0 saturated heterocycles. The first-order valence-electron chi connectivity index (χ1n) is 34.6. The number of hydrogen-bond acceptors (Lipinski definition) is 2. The molecular formula is C84H75N5O. The van der Waals surface area contributed by atoms with Gasteiger partial charge in [-0.3, -0.25) is 13.7 Å². The topological polar surface area (TPSA) is 40.8 Å². The predicted octanol–water partition coefficient (Wildman–Crippen LogP) is 21.6. The van der Waals surface area contributed by atoms with Crippen molar-refractivity contribution in [2.24, 2.45) is 0 Å². The second kappa shape index (κ2) is 19.9. The van der Waals surface area contributed by atoms with Crippen molar-refractivity contribution in [2.45, 2.75) is 117 Å². The molecule has 10 aromatic carbocycles. The zero-order valence-electron chi connectivity index (χ0n) is 58.8. The van der Waals surface area contributed by atoms with Crippen LogP contribution in [0.15, 0.2) is 212 Å². The summed E-state index contributed by atoms with van der Waals surface area (Å²) >= 11 is 0. The predicted molar refractivity (Wildman–Crippen MR) is 374 cm³/mol. The van der Waals surface area contributed by atoms with E-state index in [9.17, 15) is 0 Å². The van der Waals surface area contributed by atoms with Gasteiger partial charge in [-0.15, -0.1) is 0 Å². The molecule has 2 aliphatic rings. The fraction of sp³-hybridized carbons (Fsp3) is 0.214. The summed E-state index contributed by atoms with van der Waals surface area (Å²) in [5.41, 5.74) is 18.4. The summed E-state index contributed by atoms with van der Waals surface area (Å²) in [4.78, 5) is 4.96. The number of rotatable bonds is 6. The first-order chi connectivity index (χ1) is 45.6. The maximum atomic E-state index is 9.16. The van der Waals surface area contributed by atoms with Crippen LogP contribution in [0.25, 0.3) is 122 Å². The minimum Gasteiger partial charge on any atom is -0.458 e. The highest BCUT2D eigenvalue weighted by molar-refractivity contribution is 6.11. The fourth-order valence-electron chi connectivity index (χ4n) is 14.7. The summed E-state index contributed by atoms with van der Waals surface area (Å²) in [6.07, 6.45) is 7.98. The van der Waals surface area contributed by atoms with Crippen LogP contribution in [0.5, 0.6) is 11.5 Å². The number of imidazole rings is 1. The summed E-state index contributed by atoms with van der Waals surface area (Å²) in [7, 11) is 0. The Morgan fingerprint density at radius 1 is 0.478 bits per heavy atom. The Morgan fingerprint density at radius 2 is 1.04 bits per heavy atom. The highest BCUT2D eigenvalue weighted by Gasteiger charge is 2.40. The molecule has 1 aliphatic carbocycles. The summed E-state index contributed by atoms with van der Waals surface area (Å²) in [6, 6.07) is 71.3. The third-order valence-corrected chi connectivity index (χ3v) is 19.7. The van der Waals surface area contributed by atoms with Crippen molar-refractivity contribution in [3.05, 3.63) is 252 Å². The van der Waals surface area contributed by atoms with Gasteiger partial charge in [-0.05, 0) is 211 Å². The van der Waals surface area contributed by atoms with Crippen LogP contribution < -0.4 is 9.30 Å². The van der Waals surface area contributed by atoms with Crippen molar-refractivity contribution in [1.29, 1.82) is 0 Å². The van der Waals surface area contributed by atoms with E-state index in [0.29, 0.717) is 22.7 Å². The standard InChI is InChI=1S/C84H75N5O/c1-51-23-21-24-52(2)78(51)53-41-67-66-49-70-69(83(9,10)38-39-84(70,11)12)48-65(66)59-27-13-14-28-60(59)68-43-55(82(6,7)8)44-75-79(68)87(80(67)76(42-53)88-71-32-18-15-29-61(71)62-30-16-19-33-72(62)88)50-86(75)56-25-22-26-57(46-56)90-58-35-36-64-63-31-17-20-34-73(63)89(74(64)47-58)77-45-54(37-40-85-77)81(3,4)5/h13-37,40-49H,38-39H2,1-12H3/i1D3,2D3. The molecule has 5 heterocycles. The molecule has 0 fully saturated rings. The Balaban J connectivity index is 1.03. The van der Waals surface area contributed by atoms with Gasteiger partial charge < -0.3 is 9.30 Å². The molecule has 16 rings (SSSR count). The molecule has 442 valence electrons. The van der Waals surface area contributed by atoms with Crippen molar-refractivity contribution in [1.82, 2.24) is 18.7 Å². The molecule has 90 heavy (non-hydrogen) atoms. The first kappa shape index (κ1) is 49.1. The van der Waals surface area contributed by atoms with E-state index in [4.69, 9.17) is 17.9 Å². The summed E-state index contributed by atoms with van der Waals surface area (Å²) in [5.74, 6) is 2.13. The third kappa shape index (κ3) is 8.65. The van der Waals surface area contributed by atoms with Gasteiger partial charge in [0.2, 0.25) is 0 Å². The summed E-state index contributed by atoms with van der Waals surface area (Å²) < 4.78 is 71.0. The molecule has 1 aliphatic heterocycles. The number of aryl methyl sites for hydroxylation is 2. The molecule has 0 radical (unpaired) electrons. The van der Waals surface area contributed by atoms with E-state index in [1.165, 1.54) is 16.7 Å². The minimum atomic E-state index is -2.69. The number of para-hydroxylation sites is 3. The van der Waals surface area contributed by atoms with E-state index in [-0.39, 0.29) is 38.4 Å². The van der Waals surface area contributed by atoms with E-state index in [1.54, 1.807) is 18.2 Å². The maximum Gasteiger partial charge on any atom is 0.269 e. The van der Waals surface area contributed by atoms with E-state index in [0.717, 1.165) is 124 Å². The van der Waals surface area contributed by atoms with Crippen molar-refractivity contribution in [3.8, 4) is 78.9 Å². The smallest absolute Gasteiger partial charge is 0.269 e. The van der Waals surface area contributed by atoms with Gasteiger partial charge in [-0.1, -0.05) is 184 Å². The van der Waals surface area contributed by atoms with Gasteiger partial charge in [0.25, 0.3) is 6.33 Å². The largest absolute Gasteiger partial charge is 0.458 e. The van der Waals surface area contributed by atoms with Crippen LogP contribution in [0.3, 0.4) is 0 Å². The number of nitrogens with zero attached hydrogens (tertiary/aromatic N) is 5. The summed E-state index contributed by atoms with van der Waals surface area (Å²) in [5, 5.41) is 4.28. The summed E-state index contributed by atoms with van der Waals surface area (Å²) in [6.45, 7) is 17.5. The molecule has 0 saturated carbocycles. The molecule has 0 spiro atoms. The van der Waals surface area contributed by atoms with Gasteiger partial charge in [0.1, 0.15) is 17.3 Å². The van der Waals surface area contributed by atoms with E-state index >= 15 is 0 Å². The van der Waals surface area contributed by atoms with Gasteiger partial charge in [0, 0.05) is 42.0 Å². The van der Waals surface area contributed by atoms with E-state index in [1.807, 2.05) is 30.5 Å². The number of pyridine rings is 1. The minimum absolute atomic E-state index is 0.0358. The lowest BCUT2D eigenvalue weighted by atomic mass is 9.62. The van der Waals surface area contributed by atoms with Crippen molar-refractivity contribution in [2.75, 3.05) is 0 Å².